The number of benzene rings is 2. The van der Waals surface area contributed by atoms with Crippen LogP contribution in [0.3, 0.4) is 0 Å². The first-order chi connectivity index (χ1) is 12.4. The third kappa shape index (κ3) is 5.34. The molecular formula is C18H12BrClN2O4. The van der Waals surface area contributed by atoms with Gasteiger partial charge in [0, 0.05) is 0 Å². The van der Waals surface area contributed by atoms with Gasteiger partial charge in [-0.05, 0) is 51.8 Å². The molecule has 0 unspecified atom stereocenters. The summed E-state index contributed by atoms with van der Waals surface area (Å²) in [4.78, 5) is 22.8. The van der Waals surface area contributed by atoms with Gasteiger partial charge in [0.1, 0.15) is 17.4 Å². The standard InChI is InChI=1S/C18H12BrClN2O4/c19-13-8-11(5-6-16(13)26-10-17(23)24)7-12(9-21)18(25)22-15-4-2-1-3-14(15)20/h1-8H,10H2,(H,22,25)(H,23,24)/b12-7+. The van der Waals surface area contributed by atoms with E-state index >= 15 is 0 Å². The van der Waals surface area contributed by atoms with Crippen LogP contribution in [0.2, 0.25) is 5.02 Å². The summed E-state index contributed by atoms with van der Waals surface area (Å²) in [6.07, 6.45) is 1.40. The Balaban J connectivity index is 2.19. The normalized spacial score (nSPS) is 10.7. The quantitative estimate of drug-likeness (QED) is 0.525. The van der Waals surface area contributed by atoms with E-state index in [0.717, 1.165) is 0 Å². The van der Waals surface area contributed by atoms with E-state index in [9.17, 15) is 14.9 Å². The van der Waals surface area contributed by atoms with Crippen LogP contribution in [0.1, 0.15) is 5.56 Å². The highest BCUT2D eigenvalue weighted by Crippen LogP contribution is 2.27. The first-order valence-corrected chi connectivity index (χ1v) is 8.39. The molecular weight excluding hydrogens is 424 g/mol. The van der Waals surface area contributed by atoms with Gasteiger partial charge in [0.15, 0.2) is 6.61 Å². The SMILES string of the molecule is N#C/C(=C\c1ccc(OCC(=O)O)c(Br)c1)C(=O)Nc1ccccc1Cl. The molecule has 1 amide bonds. The molecule has 0 spiro atoms. The zero-order valence-electron chi connectivity index (χ0n) is 13.2. The molecule has 0 aromatic heterocycles. The van der Waals surface area contributed by atoms with Crippen molar-refractivity contribution in [3.8, 4) is 11.8 Å². The molecule has 0 saturated carbocycles. The van der Waals surface area contributed by atoms with Gasteiger partial charge in [0.05, 0.1) is 15.2 Å². The lowest BCUT2D eigenvalue weighted by atomic mass is 10.1. The van der Waals surface area contributed by atoms with Crippen molar-refractivity contribution >= 4 is 51.2 Å². The van der Waals surface area contributed by atoms with Gasteiger partial charge in [-0.1, -0.05) is 29.8 Å². The number of carboxylic acids is 1. The average molecular weight is 436 g/mol. The van der Waals surface area contributed by atoms with Gasteiger partial charge in [-0.25, -0.2) is 4.79 Å². The van der Waals surface area contributed by atoms with Crippen LogP contribution in [0.5, 0.6) is 5.75 Å². The number of halogens is 2. The van der Waals surface area contributed by atoms with E-state index < -0.39 is 18.5 Å². The van der Waals surface area contributed by atoms with Crippen molar-refractivity contribution in [1.82, 2.24) is 0 Å². The molecule has 8 heteroatoms. The lowest BCUT2D eigenvalue weighted by molar-refractivity contribution is -0.139. The fourth-order valence-electron chi connectivity index (χ4n) is 1.93. The van der Waals surface area contributed by atoms with Crippen molar-refractivity contribution in [3.05, 3.63) is 63.1 Å². The van der Waals surface area contributed by atoms with E-state index in [0.29, 0.717) is 26.5 Å². The van der Waals surface area contributed by atoms with Crippen molar-refractivity contribution < 1.29 is 19.4 Å². The summed E-state index contributed by atoms with van der Waals surface area (Å²) in [5.41, 5.74) is 0.848. The van der Waals surface area contributed by atoms with Crippen molar-refractivity contribution in [2.24, 2.45) is 0 Å². The Kier molecular flexibility index (Phi) is 6.78. The van der Waals surface area contributed by atoms with E-state index in [1.807, 2.05) is 6.07 Å². The molecule has 0 bridgehead atoms. The minimum absolute atomic E-state index is 0.115. The number of hydrogen-bond donors (Lipinski definition) is 2. The molecule has 0 aliphatic carbocycles. The smallest absolute Gasteiger partial charge is 0.341 e. The van der Waals surface area contributed by atoms with E-state index in [-0.39, 0.29) is 5.57 Å². The fraction of sp³-hybridized carbons (Fsp3) is 0.0556. The van der Waals surface area contributed by atoms with E-state index in [1.165, 1.54) is 6.08 Å². The first kappa shape index (κ1) is 19.5. The minimum atomic E-state index is -1.09. The van der Waals surface area contributed by atoms with Gasteiger partial charge >= 0.3 is 5.97 Å². The lowest BCUT2D eigenvalue weighted by Crippen LogP contribution is -2.13. The maximum absolute atomic E-state index is 12.3. The number of carbonyl (C=O) groups excluding carboxylic acids is 1. The Morgan fingerprint density at radius 3 is 2.65 bits per heavy atom. The second kappa shape index (κ2) is 9.04. The third-order valence-corrected chi connectivity index (χ3v) is 4.05. The summed E-state index contributed by atoms with van der Waals surface area (Å²) in [6.45, 7) is -0.475. The Morgan fingerprint density at radius 1 is 1.31 bits per heavy atom. The van der Waals surface area contributed by atoms with Crippen molar-refractivity contribution in [2.45, 2.75) is 0 Å². The number of carbonyl (C=O) groups is 2. The molecule has 6 nitrogen and oxygen atoms in total. The maximum atomic E-state index is 12.3. The van der Waals surface area contributed by atoms with Gasteiger partial charge in [0.2, 0.25) is 0 Å². The maximum Gasteiger partial charge on any atom is 0.341 e. The molecule has 0 radical (unpaired) electrons. The molecule has 132 valence electrons. The van der Waals surface area contributed by atoms with Crippen LogP contribution in [-0.4, -0.2) is 23.6 Å². The van der Waals surface area contributed by atoms with E-state index in [1.54, 1.807) is 42.5 Å². The molecule has 0 aliphatic heterocycles. The Labute approximate surface area is 162 Å². The largest absolute Gasteiger partial charge is 0.481 e. The van der Waals surface area contributed by atoms with Gasteiger partial charge in [-0.15, -0.1) is 0 Å². The highest BCUT2D eigenvalue weighted by Gasteiger charge is 2.12. The van der Waals surface area contributed by atoms with Gasteiger partial charge < -0.3 is 15.2 Å². The Bertz CT molecular complexity index is 922. The number of ether oxygens (including phenoxy) is 1. The van der Waals surface area contributed by atoms with Gasteiger partial charge in [0.25, 0.3) is 5.91 Å². The highest BCUT2D eigenvalue weighted by molar-refractivity contribution is 9.10. The van der Waals surface area contributed by atoms with Crippen molar-refractivity contribution in [2.75, 3.05) is 11.9 Å². The van der Waals surface area contributed by atoms with Crippen molar-refractivity contribution in [1.29, 1.82) is 5.26 Å². The predicted molar refractivity (Wildman–Crippen MR) is 101 cm³/mol. The molecule has 0 saturated heterocycles. The molecule has 2 aromatic carbocycles. The number of rotatable bonds is 6. The minimum Gasteiger partial charge on any atom is -0.481 e. The predicted octanol–water partition coefficient (Wildman–Crippen LogP) is 4.11. The lowest BCUT2D eigenvalue weighted by Gasteiger charge is -2.08. The van der Waals surface area contributed by atoms with E-state index in [4.69, 9.17) is 21.4 Å². The zero-order chi connectivity index (χ0) is 19.1. The summed E-state index contributed by atoms with van der Waals surface area (Å²) >= 11 is 9.25. The number of amides is 1. The zero-order valence-corrected chi connectivity index (χ0v) is 15.5. The van der Waals surface area contributed by atoms with Gasteiger partial charge in [-0.3, -0.25) is 4.79 Å². The van der Waals surface area contributed by atoms with Gasteiger partial charge in [-0.2, -0.15) is 5.26 Å². The molecule has 0 atom stereocenters. The van der Waals surface area contributed by atoms with Crippen LogP contribution >= 0.6 is 27.5 Å². The van der Waals surface area contributed by atoms with Crippen LogP contribution in [0.15, 0.2) is 52.5 Å². The molecule has 2 N–H and O–H groups in total. The number of anilines is 1. The number of hydrogen-bond acceptors (Lipinski definition) is 4. The second-order valence-corrected chi connectivity index (χ2v) is 6.24. The number of nitriles is 1. The molecule has 0 fully saturated rings. The number of nitrogens with zero attached hydrogens (tertiary/aromatic N) is 1. The Hall–Kier alpha value is -2.82. The molecule has 2 rings (SSSR count). The number of aliphatic carboxylic acids is 1. The molecule has 26 heavy (non-hydrogen) atoms. The molecule has 2 aromatic rings. The van der Waals surface area contributed by atoms with E-state index in [2.05, 4.69) is 21.2 Å². The second-order valence-electron chi connectivity index (χ2n) is 4.98. The molecule has 0 heterocycles. The average Bonchev–Trinajstić information content (AvgIpc) is 2.60. The van der Waals surface area contributed by atoms with Crippen molar-refractivity contribution in [3.63, 3.8) is 0 Å². The highest BCUT2D eigenvalue weighted by atomic mass is 79.9. The summed E-state index contributed by atoms with van der Waals surface area (Å²) in [5.74, 6) is -1.35. The van der Waals surface area contributed by atoms with Crippen LogP contribution < -0.4 is 10.1 Å². The summed E-state index contributed by atoms with van der Waals surface area (Å²) in [6, 6.07) is 13.3. The fourth-order valence-corrected chi connectivity index (χ4v) is 2.62. The van der Waals surface area contributed by atoms with Crippen LogP contribution in [0.25, 0.3) is 6.08 Å². The monoisotopic (exact) mass is 434 g/mol. The summed E-state index contributed by atoms with van der Waals surface area (Å²) < 4.78 is 5.59. The summed E-state index contributed by atoms with van der Waals surface area (Å²) in [5, 5.41) is 20.8. The topological polar surface area (TPSA) is 99.4 Å². The number of para-hydroxylation sites is 1. The number of carboxylic acid groups (broad SMARTS) is 1. The van der Waals surface area contributed by atoms with Crippen LogP contribution in [-0.2, 0) is 9.59 Å². The Morgan fingerprint density at radius 2 is 2.04 bits per heavy atom. The first-order valence-electron chi connectivity index (χ1n) is 7.22. The number of nitrogens with one attached hydrogen (secondary N) is 1. The molecule has 0 aliphatic rings. The summed E-state index contributed by atoms with van der Waals surface area (Å²) in [7, 11) is 0. The van der Waals surface area contributed by atoms with Crippen LogP contribution in [0.4, 0.5) is 5.69 Å². The third-order valence-electron chi connectivity index (χ3n) is 3.11. The van der Waals surface area contributed by atoms with Crippen LogP contribution in [0, 0.1) is 11.3 Å².